The van der Waals surface area contributed by atoms with Crippen LogP contribution in [0.15, 0.2) is 12.1 Å². The molecule has 1 saturated heterocycles. The zero-order chi connectivity index (χ0) is 15.2. The number of carbonyl (C=O) groups is 1. The van der Waals surface area contributed by atoms with Gasteiger partial charge in [-0.05, 0) is 44.3 Å². The van der Waals surface area contributed by atoms with Crippen molar-refractivity contribution < 1.29 is 9.53 Å². The zero-order valence-electron chi connectivity index (χ0n) is 12.2. The van der Waals surface area contributed by atoms with Crippen LogP contribution in [-0.4, -0.2) is 32.7 Å². The number of piperidine rings is 1. The predicted molar refractivity (Wildman–Crippen MR) is 85.0 cm³/mol. The number of anilines is 1. The summed E-state index contributed by atoms with van der Waals surface area (Å²) in [4.78, 5) is 12.2. The van der Waals surface area contributed by atoms with E-state index < -0.39 is 0 Å². The molecule has 116 valence electrons. The zero-order valence-corrected chi connectivity index (χ0v) is 13.0. The van der Waals surface area contributed by atoms with E-state index in [1.165, 1.54) is 20.0 Å². The number of nitrogens with one attached hydrogen (secondary N) is 2. The summed E-state index contributed by atoms with van der Waals surface area (Å²) in [6.07, 6.45) is 3.41. The molecule has 1 unspecified atom stereocenters. The highest BCUT2D eigenvalue weighted by Gasteiger charge is 2.16. The lowest BCUT2D eigenvalue weighted by atomic mass is 9.96. The third kappa shape index (κ3) is 4.25. The number of nitrogens with two attached hydrogens (primary N) is 1. The Kier molecular flexibility index (Phi) is 5.70. The molecule has 2 rings (SSSR count). The van der Waals surface area contributed by atoms with E-state index in [1.807, 2.05) is 0 Å². The number of amides is 1. The molecule has 0 saturated carbocycles. The van der Waals surface area contributed by atoms with Gasteiger partial charge in [-0.3, -0.25) is 4.79 Å². The molecular formula is C15H22ClN3O2. The molecule has 0 aromatic heterocycles. The van der Waals surface area contributed by atoms with Crippen LogP contribution in [0.25, 0.3) is 0 Å². The second kappa shape index (κ2) is 7.52. The summed E-state index contributed by atoms with van der Waals surface area (Å²) in [5.41, 5.74) is 6.53. The number of carbonyl (C=O) groups excluding carboxylic acids is 1. The fraction of sp³-hybridized carbons (Fsp3) is 0.533. The SMILES string of the molecule is COc1cc(N)c(Cl)cc1C(=O)NCCC1CCCNC1. The highest BCUT2D eigenvalue weighted by Crippen LogP contribution is 2.28. The van der Waals surface area contributed by atoms with Crippen molar-refractivity contribution in [3.63, 3.8) is 0 Å². The number of ether oxygens (including phenoxy) is 1. The van der Waals surface area contributed by atoms with Gasteiger partial charge in [0, 0.05) is 12.6 Å². The van der Waals surface area contributed by atoms with Crippen LogP contribution in [0.1, 0.15) is 29.6 Å². The summed E-state index contributed by atoms with van der Waals surface area (Å²) >= 11 is 5.97. The summed E-state index contributed by atoms with van der Waals surface area (Å²) < 4.78 is 5.19. The van der Waals surface area contributed by atoms with Gasteiger partial charge >= 0.3 is 0 Å². The van der Waals surface area contributed by atoms with Gasteiger partial charge in [0.1, 0.15) is 5.75 Å². The van der Waals surface area contributed by atoms with Crippen molar-refractivity contribution >= 4 is 23.2 Å². The average molecular weight is 312 g/mol. The maximum absolute atomic E-state index is 12.2. The summed E-state index contributed by atoms with van der Waals surface area (Å²) in [5.74, 6) is 0.891. The number of benzene rings is 1. The van der Waals surface area contributed by atoms with Crippen molar-refractivity contribution in [3.8, 4) is 5.75 Å². The molecule has 1 aliphatic rings. The molecule has 1 fully saturated rings. The molecule has 21 heavy (non-hydrogen) atoms. The summed E-state index contributed by atoms with van der Waals surface area (Å²) in [6.45, 7) is 2.78. The Morgan fingerprint density at radius 2 is 2.38 bits per heavy atom. The molecule has 1 atom stereocenters. The van der Waals surface area contributed by atoms with Crippen molar-refractivity contribution in [3.05, 3.63) is 22.7 Å². The van der Waals surface area contributed by atoms with Crippen LogP contribution in [0.3, 0.4) is 0 Å². The first-order chi connectivity index (χ1) is 10.1. The quantitative estimate of drug-likeness (QED) is 0.727. The molecule has 6 heteroatoms. The van der Waals surface area contributed by atoms with Crippen molar-refractivity contribution in [1.82, 2.24) is 10.6 Å². The fourth-order valence-corrected chi connectivity index (χ4v) is 2.73. The van der Waals surface area contributed by atoms with Crippen molar-refractivity contribution in [1.29, 1.82) is 0 Å². The van der Waals surface area contributed by atoms with Crippen LogP contribution in [0.2, 0.25) is 5.02 Å². The van der Waals surface area contributed by atoms with Gasteiger partial charge in [0.15, 0.2) is 0 Å². The number of hydrogen-bond donors (Lipinski definition) is 3. The topological polar surface area (TPSA) is 76.4 Å². The van der Waals surface area contributed by atoms with Gasteiger partial charge in [0.25, 0.3) is 5.91 Å². The largest absolute Gasteiger partial charge is 0.496 e. The number of halogens is 1. The minimum absolute atomic E-state index is 0.183. The lowest BCUT2D eigenvalue weighted by Crippen LogP contribution is -2.33. The van der Waals surface area contributed by atoms with Crippen molar-refractivity contribution in [2.75, 3.05) is 32.5 Å². The maximum Gasteiger partial charge on any atom is 0.255 e. The van der Waals surface area contributed by atoms with Gasteiger partial charge in [-0.1, -0.05) is 11.6 Å². The lowest BCUT2D eigenvalue weighted by molar-refractivity contribution is 0.0947. The van der Waals surface area contributed by atoms with Crippen molar-refractivity contribution in [2.45, 2.75) is 19.3 Å². The van der Waals surface area contributed by atoms with E-state index in [0.717, 1.165) is 19.5 Å². The molecule has 0 bridgehead atoms. The molecule has 4 N–H and O–H groups in total. The smallest absolute Gasteiger partial charge is 0.255 e. The molecule has 1 aliphatic heterocycles. The first-order valence-corrected chi connectivity index (χ1v) is 7.61. The first-order valence-electron chi connectivity index (χ1n) is 7.23. The third-order valence-corrected chi connectivity index (χ3v) is 4.13. The van der Waals surface area contributed by atoms with Crippen LogP contribution in [0.4, 0.5) is 5.69 Å². The Morgan fingerprint density at radius 1 is 1.57 bits per heavy atom. The van der Waals surface area contributed by atoms with Crippen LogP contribution in [-0.2, 0) is 0 Å². The van der Waals surface area contributed by atoms with Gasteiger partial charge in [-0.2, -0.15) is 0 Å². The van der Waals surface area contributed by atoms with E-state index in [4.69, 9.17) is 22.1 Å². The van der Waals surface area contributed by atoms with Crippen LogP contribution in [0, 0.1) is 5.92 Å². The normalized spacial score (nSPS) is 18.3. The Bertz CT molecular complexity index is 502. The van der Waals surface area contributed by atoms with E-state index >= 15 is 0 Å². The molecule has 5 nitrogen and oxygen atoms in total. The van der Waals surface area contributed by atoms with Gasteiger partial charge in [-0.25, -0.2) is 0 Å². The minimum atomic E-state index is -0.183. The van der Waals surface area contributed by atoms with Gasteiger partial charge in [-0.15, -0.1) is 0 Å². The highest BCUT2D eigenvalue weighted by molar-refractivity contribution is 6.33. The van der Waals surface area contributed by atoms with Gasteiger partial charge in [0.2, 0.25) is 0 Å². The van der Waals surface area contributed by atoms with Crippen LogP contribution in [0.5, 0.6) is 5.75 Å². The first kappa shape index (κ1) is 15.9. The minimum Gasteiger partial charge on any atom is -0.496 e. The molecule has 0 aliphatic carbocycles. The Hall–Kier alpha value is -1.46. The van der Waals surface area contributed by atoms with Crippen LogP contribution < -0.4 is 21.1 Å². The maximum atomic E-state index is 12.2. The summed E-state index contributed by atoms with van der Waals surface area (Å²) in [7, 11) is 1.51. The van der Waals surface area contributed by atoms with E-state index in [1.54, 1.807) is 12.1 Å². The molecule has 1 aromatic carbocycles. The Morgan fingerprint density at radius 3 is 3.05 bits per heavy atom. The molecule has 1 aromatic rings. The molecule has 1 amide bonds. The summed E-state index contributed by atoms with van der Waals surface area (Å²) in [5, 5.41) is 6.65. The average Bonchev–Trinajstić information content (AvgIpc) is 2.50. The third-order valence-electron chi connectivity index (χ3n) is 3.80. The Balaban J connectivity index is 1.92. The number of nitrogen functional groups attached to an aromatic ring is 1. The fourth-order valence-electron chi connectivity index (χ4n) is 2.57. The number of rotatable bonds is 5. The predicted octanol–water partition coefficient (Wildman–Crippen LogP) is 2.05. The molecule has 0 radical (unpaired) electrons. The molecule has 0 spiro atoms. The monoisotopic (exact) mass is 311 g/mol. The van der Waals surface area contributed by atoms with Crippen molar-refractivity contribution in [2.24, 2.45) is 5.92 Å². The van der Waals surface area contributed by atoms with E-state index in [9.17, 15) is 4.79 Å². The van der Waals surface area contributed by atoms with E-state index in [0.29, 0.717) is 34.5 Å². The lowest BCUT2D eigenvalue weighted by Gasteiger charge is -2.22. The second-order valence-corrected chi connectivity index (χ2v) is 5.74. The van der Waals surface area contributed by atoms with Gasteiger partial charge in [0.05, 0.1) is 23.4 Å². The molecular weight excluding hydrogens is 290 g/mol. The van der Waals surface area contributed by atoms with E-state index in [2.05, 4.69) is 10.6 Å². The Labute approximate surface area is 130 Å². The van der Waals surface area contributed by atoms with Crippen LogP contribution >= 0.6 is 11.6 Å². The van der Waals surface area contributed by atoms with Gasteiger partial charge < -0.3 is 21.1 Å². The number of methoxy groups -OCH3 is 1. The number of hydrogen-bond acceptors (Lipinski definition) is 4. The highest BCUT2D eigenvalue weighted by atomic mass is 35.5. The standard InChI is InChI=1S/C15H22ClN3O2/c1-21-14-8-13(17)12(16)7-11(14)15(20)19-6-4-10-3-2-5-18-9-10/h7-8,10,18H,2-6,9,17H2,1H3,(H,19,20). The molecule has 1 heterocycles. The summed E-state index contributed by atoms with van der Waals surface area (Å²) in [6, 6.07) is 3.12. The second-order valence-electron chi connectivity index (χ2n) is 5.33. The van der Waals surface area contributed by atoms with E-state index in [-0.39, 0.29) is 5.91 Å².